The van der Waals surface area contributed by atoms with Gasteiger partial charge in [0.25, 0.3) is 0 Å². The summed E-state index contributed by atoms with van der Waals surface area (Å²) in [6.07, 6.45) is 8.47. The first kappa shape index (κ1) is 10.7. The van der Waals surface area contributed by atoms with Gasteiger partial charge in [0.2, 0.25) is 0 Å². The first-order valence-electron chi connectivity index (χ1n) is 5.27. The van der Waals surface area contributed by atoms with Gasteiger partial charge in [-0.05, 0) is 32.1 Å². The van der Waals surface area contributed by atoms with Gasteiger partial charge < -0.3 is 10.5 Å². The summed E-state index contributed by atoms with van der Waals surface area (Å²) >= 11 is 0. The Labute approximate surface area is 81.1 Å². The van der Waals surface area contributed by atoms with E-state index in [0.29, 0.717) is 0 Å². The van der Waals surface area contributed by atoms with Gasteiger partial charge in [0, 0.05) is 7.11 Å². The van der Waals surface area contributed by atoms with Crippen molar-refractivity contribution in [3.05, 3.63) is 11.6 Å². The first-order chi connectivity index (χ1) is 6.29. The number of methoxy groups -OCH3 is 1. The van der Waals surface area contributed by atoms with Crippen molar-refractivity contribution in [2.45, 2.75) is 51.2 Å². The topological polar surface area (TPSA) is 35.2 Å². The molecule has 0 saturated carbocycles. The summed E-state index contributed by atoms with van der Waals surface area (Å²) in [5.74, 6) is 0. The van der Waals surface area contributed by atoms with Crippen LogP contribution in [0.1, 0.15) is 39.0 Å². The lowest BCUT2D eigenvalue weighted by atomic mass is 9.91. The Morgan fingerprint density at radius 1 is 1.54 bits per heavy atom. The summed E-state index contributed by atoms with van der Waals surface area (Å²) in [5, 5.41) is 0. The van der Waals surface area contributed by atoms with Gasteiger partial charge >= 0.3 is 0 Å². The number of allylic oxidation sites excluding steroid dienone is 1. The molecule has 0 spiro atoms. The number of hydrogen-bond acceptors (Lipinski definition) is 2. The second kappa shape index (κ2) is 5.40. The van der Waals surface area contributed by atoms with E-state index in [1.807, 2.05) is 0 Å². The molecule has 0 fully saturated rings. The number of ether oxygens (including phenoxy) is 1. The average Bonchev–Trinajstić information content (AvgIpc) is 2.21. The van der Waals surface area contributed by atoms with Gasteiger partial charge in [-0.15, -0.1) is 0 Å². The second-order valence-corrected chi connectivity index (χ2v) is 3.73. The summed E-state index contributed by atoms with van der Waals surface area (Å²) in [4.78, 5) is 0. The van der Waals surface area contributed by atoms with E-state index in [-0.39, 0.29) is 12.1 Å². The zero-order chi connectivity index (χ0) is 9.68. The Hall–Kier alpha value is -0.340. The van der Waals surface area contributed by atoms with Crippen molar-refractivity contribution < 1.29 is 4.74 Å². The van der Waals surface area contributed by atoms with E-state index in [4.69, 9.17) is 10.5 Å². The highest BCUT2D eigenvalue weighted by molar-refractivity contribution is 5.14. The SMILES string of the molecule is CCC(OC)C(N)C1=CCCCC1. The highest BCUT2D eigenvalue weighted by atomic mass is 16.5. The molecule has 0 saturated heterocycles. The zero-order valence-electron chi connectivity index (χ0n) is 8.75. The van der Waals surface area contributed by atoms with Crippen LogP contribution in [0.4, 0.5) is 0 Å². The van der Waals surface area contributed by atoms with Gasteiger partial charge in [-0.3, -0.25) is 0 Å². The minimum Gasteiger partial charge on any atom is -0.380 e. The Kier molecular flexibility index (Phi) is 4.46. The predicted octanol–water partition coefficient (Wildman–Crippen LogP) is 2.24. The molecule has 2 nitrogen and oxygen atoms in total. The van der Waals surface area contributed by atoms with Crippen LogP contribution >= 0.6 is 0 Å². The van der Waals surface area contributed by atoms with Crippen molar-refractivity contribution in [2.75, 3.05) is 7.11 Å². The first-order valence-corrected chi connectivity index (χ1v) is 5.27. The van der Waals surface area contributed by atoms with Gasteiger partial charge in [-0.1, -0.05) is 18.6 Å². The van der Waals surface area contributed by atoms with Crippen LogP contribution in [0.25, 0.3) is 0 Å². The summed E-state index contributed by atoms with van der Waals surface area (Å²) in [6, 6.07) is 0.121. The van der Waals surface area contributed by atoms with Crippen LogP contribution in [-0.2, 0) is 4.74 Å². The summed E-state index contributed by atoms with van der Waals surface area (Å²) < 4.78 is 5.35. The molecule has 0 bridgehead atoms. The van der Waals surface area contributed by atoms with E-state index in [1.54, 1.807) is 7.11 Å². The van der Waals surface area contributed by atoms with E-state index in [2.05, 4.69) is 13.0 Å². The molecule has 0 amide bonds. The molecule has 2 N–H and O–H groups in total. The molecule has 1 rings (SSSR count). The van der Waals surface area contributed by atoms with Crippen LogP contribution in [-0.4, -0.2) is 19.3 Å². The average molecular weight is 183 g/mol. The normalized spacial score (nSPS) is 22.2. The molecule has 2 unspecified atom stereocenters. The van der Waals surface area contributed by atoms with Crippen LogP contribution in [0.15, 0.2) is 11.6 Å². The molecular formula is C11H21NO. The Morgan fingerprint density at radius 3 is 2.77 bits per heavy atom. The molecule has 0 aliphatic heterocycles. The molecule has 0 aromatic heterocycles. The number of rotatable bonds is 4. The van der Waals surface area contributed by atoms with E-state index in [9.17, 15) is 0 Å². The Morgan fingerprint density at radius 2 is 2.31 bits per heavy atom. The maximum atomic E-state index is 6.12. The molecule has 2 heteroatoms. The summed E-state index contributed by atoms with van der Waals surface area (Å²) in [5.41, 5.74) is 7.52. The molecule has 0 heterocycles. The van der Waals surface area contributed by atoms with E-state index < -0.39 is 0 Å². The van der Waals surface area contributed by atoms with E-state index in [0.717, 1.165) is 6.42 Å². The fraction of sp³-hybridized carbons (Fsp3) is 0.818. The van der Waals surface area contributed by atoms with Gasteiger partial charge in [0.15, 0.2) is 0 Å². The van der Waals surface area contributed by atoms with Crippen LogP contribution in [0.2, 0.25) is 0 Å². The van der Waals surface area contributed by atoms with Gasteiger partial charge in [0.05, 0.1) is 12.1 Å². The zero-order valence-corrected chi connectivity index (χ0v) is 8.75. The van der Waals surface area contributed by atoms with Crippen LogP contribution in [0.3, 0.4) is 0 Å². The maximum Gasteiger partial charge on any atom is 0.0757 e. The molecule has 0 aromatic rings. The third-order valence-corrected chi connectivity index (χ3v) is 2.86. The lowest BCUT2D eigenvalue weighted by Gasteiger charge is -2.25. The minimum absolute atomic E-state index is 0.121. The fourth-order valence-electron chi connectivity index (χ4n) is 1.97. The Bertz CT molecular complexity index is 173. The molecular weight excluding hydrogens is 162 g/mol. The molecule has 2 atom stereocenters. The van der Waals surface area contributed by atoms with Crippen molar-refractivity contribution in [3.8, 4) is 0 Å². The van der Waals surface area contributed by atoms with Crippen molar-refractivity contribution in [3.63, 3.8) is 0 Å². The van der Waals surface area contributed by atoms with Crippen molar-refractivity contribution in [1.29, 1.82) is 0 Å². The third kappa shape index (κ3) is 2.82. The molecule has 0 radical (unpaired) electrons. The lowest BCUT2D eigenvalue weighted by Crippen LogP contribution is -2.37. The van der Waals surface area contributed by atoms with Crippen LogP contribution in [0, 0.1) is 0 Å². The van der Waals surface area contributed by atoms with Crippen molar-refractivity contribution >= 4 is 0 Å². The third-order valence-electron chi connectivity index (χ3n) is 2.86. The fourth-order valence-corrected chi connectivity index (χ4v) is 1.97. The smallest absolute Gasteiger partial charge is 0.0757 e. The van der Waals surface area contributed by atoms with Crippen molar-refractivity contribution in [1.82, 2.24) is 0 Å². The molecule has 1 aliphatic carbocycles. The van der Waals surface area contributed by atoms with Crippen molar-refractivity contribution in [2.24, 2.45) is 5.73 Å². The van der Waals surface area contributed by atoms with Gasteiger partial charge in [-0.2, -0.15) is 0 Å². The monoisotopic (exact) mass is 183 g/mol. The number of nitrogens with two attached hydrogens (primary N) is 1. The van der Waals surface area contributed by atoms with E-state index in [1.165, 1.54) is 31.3 Å². The van der Waals surface area contributed by atoms with Gasteiger partial charge in [-0.25, -0.2) is 0 Å². The molecule has 76 valence electrons. The quantitative estimate of drug-likeness (QED) is 0.678. The minimum atomic E-state index is 0.121. The molecule has 1 aliphatic rings. The Balaban J connectivity index is 2.53. The molecule has 13 heavy (non-hydrogen) atoms. The highest BCUT2D eigenvalue weighted by Crippen LogP contribution is 2.22. The summed E-state index contributed by atoms with van der Waals surface area (Å²) in [7, 11) is 1.75. The molecule has 0 aromatic carbocycles. The summed E-state index contributed by atoms with van der Waals surface area (Å²) in [6.45, 7) is 2.12. The van der Waals surface area contributed by atoms with Crippen LogP contribution in [0.5, 0.6) is 0 Å². The maximum absolute atomic E-state index is 6.12. The van der Waals surface area contributed by atoms with Gasteiger partial charge in [0.1, 0.15) is 0 Å². The lowest BCUT2D eigenvalue weighted by molar-refractivity contribution is 0.0851. The van der Waals surface area contributed by atoms with Crippen LogP contribution < -0.4 is 5.73 Å². The van der Waals surface area contributed by atoms with E-state index >= 15 is 0 Å². The number of hydrogen-bond donors (Lipinski definition) is 1. The standard InChI is InChI=1S/C11H21NO/c1-3-10(13-2)11(12)9-7-5-4-6-8-9/h7,10-11H,3-6,8,12H2,1-2H3. The second-order valence-electron chi connectivity index (χ2n) is 3.73. The largest absolute Gasteiger partial charge is 0.380 e. The predicted molar refractivity (Wildman–Crippen MR) is 55.6 cm³/mol. The highest BCUT2D eigenvalue weighted by Gasteiger charge is 2.20.